The Bertz CT molecular complexity index is 229. The number of ketones is 1. The Labute approximate surface area is 97.5 Å². The number of rotatable bonds is 6. The zero-order valence-corrected chi connectivity index (χ0v) is 10.2. The summed E-state index contributed by atoms with van der Waals surface area (Å²) in [5, 5.41) is 0. The van der Waals surface area contributed by atoms with Crippen molar-refractivity contribution in [2.24, 2.45) is 5.92 Å². The Morgan fingerprint density at radius 2 is 1.88 bits per heavy atom. The molecule has 0 atom stereocenters. The molecule has 0 bridgehead atoms. The van der Waals surface area contributed by atoms with E-state index < -0.39 is 5.97 Å². The summed E-state index contributed by atoms with van der Waals surface area (Å²) in [7, 11) is 0. The average molecular weight is 226 g/mol. The number of hydrogen-bond donors (Lipinski definition) is 0. The molecule has 0 aromatic carbocycles. The fourth-order valence-corrected chi connectivity index (χ4v) is 2.34. The molecule has 0 aromatic heterocycles. The first kappa shape index (κ1) is 13.2. The summed E-state index contributed by atoms with van der Waals surface area (Å²) >= 11 is 0. The van der Waals surface area contributed by atoms with Gasteiger partial charge in [0.2, 0.25) is 5.78 Å². The molecular formula is C13H22O3. The van der Waals surface area contributed by atoms with E-state index in [0.29, 0.717) is 6.42 Å². The molecule has 0 saturated heterocycles. The van der Waals surface area contributed by atoms with Crippen LogP contribution in [0, 0.1) is 5.92 Å². The van der Waals surface area contributed by atoms with E-state index in [9.17, 15) is 9.59 Å². The van der Waals surface area contributed by atoms with Gasteiger partial charge in [-0.15, -0.1) is 0 Å². The topological polar surface area (TPSA) is 43.4 Å². The normalized spacial score (nSPS) is 17.1. The van der Waals surface area contributed by atoms with Crippen molar-refractivity contribution >= 4 is 11.8 Å². The lowest BCUT2D eigenvalue weighted by molar-refractivity contribution is -0.153. The first-order chi connectivity index (χ1) is 7.74. The smallest absolute Gasteiger partial charge is 0.374 e. The summed E-state index contributed by atoms with van der Waals surface area (Å²) in [6, 6.07) is 0. The molecule has 0 heterocycles. The van der Waals surface area contributed by atoms with Crippen LogP contribution in [-0.4, -0.2) is 18.4 Å². The molecule has 0 aliphatic heterocycles. The molecule has 0 amide bonds. The zero-order valence-electron chi connectivity index (χ0n) is 10.2. The second-order valence-corrected chi connectivity index (χ2v) is 4.54. The van der Waals surface area contributed by atoms with Crippen LogP contribution >= 0.6 is 0 Å². The van der Waals surface area contributed by atoms with Crippen molar-refractivity contribution in [3.05, 3.63) is 0 Å². The Hall–Kier alpha value is -0.860. The predicted molar refractivity (Wildman–Crippen MR) is 62.1 cm³/mol. The number of hydrogen-bond acceptors (Lipinski definition) is 3. The van der Waals surface area contributed by atoms with Crippen molar-refractivity contribution in [3.63, 3.8) is 0 Å². The Balaban J connectivity index is 2.09. The molecule has 1 aliphatic rings. The molecule has 3 nitrogen and oxygen atoms in total. The Morgan fingerprint density at radius 1 is 1.19 bits per heavy atom. The van der Waals surface area contributed by atoms with Crippen LogP contribution in [0.5, 0.6) is 0 Å². The van der Waals surface area contributed by atoms with Crippen LogP contribution in [-0.2, 0) is 14.3 Å². The number of carbonyl (C=O) groups is 2. The maximum Gasteiger partial charge on any atom is 0.374 e. The van der Waals surface area contributed by atoms with E-state index in [-0.39, 0.29) is 12.4 Å². The molecule has 3 heteroatoms. The third-order valence-corrected chi connectivity index (χ3v) is 3.24. The van der Waals surface area contributed by atoms with Crippen molar-refractivity contribution < 1.29 is 14.3 Å². The fraction of sp³-hybridized carbons (Fsp3) is 0.846. The van der Waals surface area contributed by atoms with E-state index in [4.69, 9.17) is 0 Å². The summed E-state index contributed by atoms with van der Waals surface area (Å²) in [6.45, 7) is 2.00. The van der Waals surface area contributed by atoms with Crippen LogP contribution in [0.4, 0.5) is 0 Å². The van der Waals surface area contributed by atoms with Gasteiger partial charge in [-0.1, -0.05) is 38.5 Å². The van der Waals surface area contributed by atoms with Gasteiger partial charge in [-0.25, -0.2) is 4.79 Å². The number of carbonyl (C=O) groups excluding carboxylic acids is 2. The minimum absolute atomic E-state index is 0.285. The van der Waals surface area contributed by atoms with E-state index in [1.807, 2.05) is 0 Å². The van der Waals surface area contributed by atoms with E-state index in [0.717, 1.165) is 18.8 Å². The second-order valence-electron chi connectivity index (χ2n) is 4.54. The van der Waals surface area contributed by atoms with Gasteiger partial charge in [-0.05, 0) is 19.3 Å². The largest absolute Gasteiger partial charge is 0.460 e. The summed E-state index contributed by atoms with van der Waals surface area (Å²) in [5.41, 5.74) is 0. The summed E-state index contributed by atoms with van der Waals surface area (Å²) in [4.78, 5) is 22.4. The first-order valence-corrected chi connectivity index (χ1v) is 6.44. The van der Waals surface area contributed by atoms with E-state index in [2.05, 4.69) is 4.74 Å². The highest BCUT2D eigenvalue weighted by Crippen LogP contribution is 2.27. The lowest BCUT2D eigenvalue weighted by Crippen LogP contribution is -2.17. The van der Waals surface area contributed by atoms with Crippen molar-refractivity contribution in [2.75, 3.05) is 6.61 Å². The van der Waals surface area contributed by atoms with Crippen LogP contribution in [0.1, 0.15) is 58.3 Å². The third-order valence-electron chi connectivity index (χ3n) is 3.24. The van der Waals surface area contributed by atoms with Crippen LogP contribution in [0.15, 0.2) is 0 Å². The van der Waals surface area contributed by atoms with E-state index >= 15 is 0 Å². The maximum atomic E-state index is 11.3. The number of esters is 1. The van der Waals surface area contributed by atoms with Gasteiger partial charge in [0.25, 0.3) is 0 Å². The van der Waals surface area contributed by atoms with Crippen LogP contribution in [0.25, 0.3) is 0 Å². The molecule has 0 spiro atoms. The fourth-order valence-electron chi connectivity index (χ4n) is 2.34. The van der Waals surface area contributed by atoms with Gasteiger partial charge in [0.1, 0.15) is 0 Å². The maximum absolute atomic E-state index is 11.3. The summed E-state index contributed by atoms with van der Waals surface area (Å²) in [6.07, 6.45) is 8.90. The van der Waals surface area contributed by atoms with E-state index in [1.54, 1.807) is 6.92 Å². The molecule has 92 valence electrons. The Morgan fingerprint density at radius 3 is 2.50 bits per heavy atom. The van der Waals surface area contributed by atoms with Gasteiger partial charge >= 0.3 is 5.97 Å². The lowest BCUT2D eigenvalue weighted by Gasteiger charge is -2.20. The van der Waals surface area contributed by atoms with Crippen LogP contribution < -0.4 is 0 Å². The van der Waals surface area contributed by atoms with Crippen molar-refractivity contribution in [1.82, 2.24) is 0 Å². The van der Waals surface area contributed by atoms with Crippen molar-refractivity contribution in [3.8, 4) is 0 Å². The Kier molecular flexibility index (Phi) is 6.12. The van der Waals surface area contributed by atoms with E-state index in [1.165, 1.54) is 32.1 Å². The van der Waals surface area contributed by atoms with Crippen molar-refractivity contribution in [1.29, 1.82) is 0 Å². The van der Waals surface area contributed by atoms with Crippen LogP contribution in [0.3, 0.4) is 0 Å². The first-order valence-electron chi connectivity index (χ1n) is 6.44. The highest BCUT2D eigenvalue weighted by atomic mass is 16.5. The second kappa shape index (κ2) is 7.42. The standard InChI is InChI=1S/C13H22O3/c1-2-16-13(15)12(14)10-6-9-11-7-4-3-5-8-11/h11H,2-10H2,1H3. The highest BCUT2D eigenvalue weighted by Gasteiger charge is 2.17. The molecular weight excluding hydrogens is 204 g/mol. The van der Waals surface area contributed by atoms with Gasteiger partial charge in [-0.2, -0.15) is 0 Å². The van der Waals surface area contributed by atoms with Gasteiger partial charge in [0.05, 0.1) is 6.61 Å². The SMILES string of the molecule is CCOC(=O)C(=O)CCCC1CCCCC1. The van der Waals surface area contributed by atoms with Gasteiger partial charge in [-0.3, -0.25) is 4.79 Å². The number of Topliss-reactive ketones (excluding diaryl/α,β-unsaturated/α-hetero) is 1. The molecule has 1 saturated carbocycles. The van der Waals surface area contributed by atoms with Crippen molar-refractivity contribution in [2.45, 2.75) is 58.3 Å². The summed E-state index contributed by atoms with van der Waals surface area (Å²) in [5.74, 6) is -0.243. The average Bonchev–Trinajstić information content (AvgIpc) is 2.30. The molecule has 1 fully saturated rings. The minimum Gasteiger partial charge on any atom is -0.460 e. The van der Waals surface area contributed by atoms with Crippen LogP contribution in [0.2, 0.25) is 0 Å². The molecule has 1 rings (SSSR count). The molecule has 0 aromatic rings. The number of ether oxygens (including phenoxy) is 1. The summed E-state index contributed by atoms with van der Waals surface area (Å²) < 4.78 is 4.66. The van der Waals surface area contributed by atoms with Gasteiger partial charge in [0.15, 0.2) is 0 Å². The molecule has 0 N–H and O–H groups in total. The molecule has 0 unspecified atom stereocenters. The minimum atomic E-state index is -0.661. The van der Waals surface area contributed by atoms with Gasteiger partial charge < -0.3 is 4.74 Å². The lowest BCUT2D eigenvalue weighted by atomic mass is 9.85. The molecule has 1 aliphatic carbocycles. The molecule has 16 heavy (non-hydrogen) atoms. The highest BCUT2D eigenvalue weighted by molar-refractivity contribution is 6.33. The third kappa shape index (κ3) is 4.77. The molecule has 0 radical (unpaired) electrons. The zero-order chi connectivity index (χ0) is 11.8. The predicted octanol–water partition coefficient (Wildman–Crippen LogP) is 2.87. The quantitative estimate of drug-likeness (QED) is 0.516. The van der Waals surface area contributed by atoms with Gasteiger partial charge in [0, 0.05) is 6.42 Å². The monoisotopic (exact) mass is 226 g/mol.